The van der Waals surface area contributed by atoms with Crippen LogP contribution in [0.25, 0.3) is 28.0 Å². The second kappa shape index (κ2) is 5.31. The number of aromatic nitrogens is 4. The zero-order chi connectivity index (χ0) is 16.7. The topological polar surface area (TPSA) is 95.9 Å². The molecule has 7 nitrogen and oxygen atoms in total. The molecule has 0 aliphatic carbocycles. The molecule has 4 rings (SSSR count). The maximum Gasteiger partial charge on any atom is 0.339 e. The third-order valence-electron chi connectivity index (χ3n) is 3.92. The average molecular weight is 322 g/mol. The second-order valence-corrected chi connectivity index (χ2v) is 5.33. The van der Waals surface area contributed by atoms with Gasteiger partial charge in [-0.2, -0.15) is 5.10 Å². The Bertz CT molecular complexity index is 1030. The summed E-state index contributed by atoms with van der Waals surface area (Å²) in [6.45, 7) is 0. The fourth-order valence-electron chi connectivity index (χ4n) is 2.68. The van der Waals surface area contributed by atoms with E-state index in [2.05, 4.69) is 15.3 Å². The smallest absolute Gasteiger partial charge is 0.339 e. The Balaban J connectivity index is 1.69. The number of aromatic carboxylic acids is 1. The van der Waals surface area contributed by atoms with E-state index in [4.69, 9.17) is 9.84 Å². The first-order valence-corrected chi connectivity index (χ1v) is 7.30. The first-order chi connectivity index (χ1) is 11.7. The van der Waals surface area contributed by atoms with E-state index in [0.29, 0.717) is 5.75 Å². The van der Waals surface area contributed by atoms with Crippen LogP contribution in [0.15, 0.2) is 48.7 Å². The van der Waals surface area contributed by atoms with Crippen LogP contribution in [0.4, 0.5) is 0 Å². The van der Waals surface area contributed by atoms with Crippen molar-refractivity contribution < 1.29 is 14.6 Å². The third kappa shape index (κ3) is 2.14. The van der Waals surface area contributed by atoms with Gasteiger partial charge in [0, 0.05) is 11.5 Å². The van der Waals surface area contributed by atoms with Crippen LogP contribution in [0.2, 0.25) is 0 Å². The standard InChI is InChI=1S/C17H14N4O3/c1-24-15-8-10(6-7-12(15)17(22)23)21-9-14(20-21)16-11-4-2-3-5-13(11)18-19-16/h2-9,20H,1H3,(H,18,19)(H,22,23). The molecule has 0 aliphatic heterocycles. The van der Waals surface area contributed by atoms with Gasteiger partial charge in [0.25, 0.3) is 0 Å². The molecule has 0 aliphatic rings. The van der Waals surface area contributed by atoms with Gasteiger partial charge in [0.2, 0.25) is 0 Å². The van der Waals surface area contributed by atoms with Crippen LogP contribution in [0.5, 0.6) is 5.75 Å². The van der Waals surface area contributed by atoms with Gasteiger partial charge in [0.15, 0.2) is 0 Å². The zero-order valence-electron chi connectivity index (χ0n) is 12.8. The average Bonchev–Trinajstić information content (AvgIpc) is 2.97. The Morgan fingerprint density at radius 3 is 2.79 bits per heavy atom. The van der Waals surface area contributed by atoms with Crippen molar-refractivity contribution in [2.75, 3.05) is 7.11 Å². The molecule has 0 bridgehead atoms. The number of fused-ring (bicyclic) bond motifs is 1. The van der Waals surface area contributed by atoms with E-state index in [-0.39, 0.29) is 5.56 Å². The van der Waals surface area contributed by atoms with Crippen molar-refractivity contribution in [2.45, 2.75) is 0 Å². The van der Waals surface area contributed by atoms with E-state index in [1.54, 1.807) is 16.8 Å². The maximum absolute atomic E-state index is 11.1. The lowest BCUT2D eigenvalue weighted by atomic mass is 10.1. The summed E-state index contributed by atoms with van der Waals surface area (Å²) in [5.74, 6) is -0.705. The van der Waals surface area contributed by atoms with Gasteiger partial charge in [-0.25, -0.2) is 4.79 Å². The lowest BCUT2D eigenvalue weighted by molar-refractivity contribution is 0.0693. The van der Waals surface area contributed by atoms with Crippen molar-refractivity contribution in [3.63, 3.8) is 0 Å². The summed E-state index contributed by atoms with van der Waals surface area (Å²) in [5, 5.41) is 20.7. The molecule has 0 fully saturated rings. The number of carbonyl (C=O) groups is 1. The molecule has 120 valence electrons. The summed E-state index contributed by atoms with van der Waals surface area (Å²) in [7, 11) is 1.45. The summed E-state index contributed by atoms with van der Waals surface area (Å²) in [6, 6.07) is 12.8. The molecule has 2 aromatic heterocycles. The highest BCUT2D eigenvalue weighted by Gasteiger charge is 2.15. The molecule has 7 heteroatoms. The van der Waals surface area contributed by atoms with Crippen LogP contribution in [0, 0.1) is 0 Å². The lowest BCUT2D eigenvalue weighted by Gasteiger charge is -2.16. The Kier molecular flexibility index (Phi) is 3.13. The van der Waals surface area contributed by atoms with E-state index in [0.717, 1.165) is 28.0 Å². The van der Waals surface area contributed by atoms with Crippen molar-refractivity contribution in [3.8, 4) is 22.8 Å². The highest BCUT2D eigenvalue weighted by atomic mass is 16.5. The van der Waals surface area contributed by atoms with E-state index < -0.39 is 5.97 Å². The molecular formula is C17H14N4O3. The number of ether oxygens (including phenoxy) is 1. The fourth-order valence-corrected chi connectivity index (χ4v) is 2.68. The van der Waals surface area contributed by atoms with Crippen molar-refractivity contribution in [1.82, 2.24) is 20.0 Å². The SMILES string of the molecule is COc1cc(-n2cc(-c3n[nH]c4ccccc34)[nH]2)ccc1C(=O)O. The van der Waals surface area contributed by atoms with Crippen LogP contribution < -0.4 is 4.74 Å². The molecule has 0 saturated heterocycles. The third-order valence-corrected chi connectivity index (χ3v) is 3.92. The second-order valence-electron chi connectivity index (χ2n) is 5.33. The van der Waals surface area contributed by atoms with Gasteiger partial charge < -0.3 is 9.84 Å². The van der Waals surface area contributed by atoms with Crippen LogP contribution in [0.1, 0.15) is 10.4 Å². The lowest BCUT2D eigenvalue weighted by Crippen LogP contribution is -2.09. The quantitative estimate of drug-likeness (QED) is 0.538. The molecule has 2 aromatic carbocycles. The number of benzene rings is 2. The number of para-hydroxylation sites is 1. The van der Waals surface area contributed by atoms with Gasteiger partial charge in [0.05, 0.1) is 24.5 Å². The van der Waals surface area contributed by atoms with Crippen LogP contribution in [-0.2, 0) is 0 Å². The summed E-state index contributed by atoms with van der Waals surface area (Å²) in [4.78, 5) is 11.1. The maximum atomic E-state index is 11.1. The highest BCUT2D eigenvalue weighted by molar-refractivity contribution is 5.92. The molecule has 2 heterocycles. The number of hydrogen-bond acceptors (Lipinski definition) is 3. The Morgan fingerprint density at radius 1 is 1.25 bits per heavy atom. The molecule has 24 heavy (non-hydrogen) atoms. The number of hydrogen-bond donors (Lipinski definition) is 3. The minimum atomic E-state index is -1.02. The first-order valence-electron chi connectivity index (χ1n) is 7.30. The molecule has 0 amide bonds. The number of carboxylic acids is 1. The number of H-pyrrole nitrogens is 2. The van der Waals surface area contributed by atoms with Crippen LogP contribution in [0.3, 0.4) is 0 Å². The van der Waals surface area contributed by atoms with Gasteiger partial charge in [-0.1, -0.05) is 18.2 Å². The summed E-state index contributed by atoms with van der Waals surface area (Å²) in [5.41, 5.74) is 3.61. The number of rotatable bonds is 4. The van der Waals surface area contributed by atoms with Gasteiger partial charge in [-0.3, -0.25) is 14.9 Å². The highest BCUT2D eigenvalue weighted by Crippen LogP contribution is 2.28. The van der Waals surface area contributed by atoms with Crippen molar-refractivity contribution in [3.05, 3.63) is 54.2 Å². The summed E-state index contributed by atoms with van der Waals surface area (Å²) < 4.78 is 6.93. The number of nitrogens with one attached hydrogen (secondary N) is 2. The summed E-state index contributed by atoms with van der Waals surface area (Å²) >= 11 is 0. The van der Waals surface area contributed by atoms with Crippen LogP contribution in [-0.4, -0.2) is 38.2 Å². The normalized spacial score (nSPS) is 11.0. The molecule has 0 radical (unpaired) electrons. The van der Waals surface area contributed by atoms with Gasteiger partial charge >= 0.3 is 5.97 Å². The molecular weight excluding hydrogens is 308 g/mol. The minimum Gasteiger partial charge on any atom is -0.496 e. The minimum absolute atomic E-state index is 0.129. The molecule has 3 N–H and O–H groups in total. The van der Waals surface area contributed by atoms with E-state index in [1.807, 2.05) is 30.5 Å². The number of aromatic amines is 2. The Hall–Kier alpha value is -3.48. The predicted molar refractivity (Wildman–Crippen MR) is 88.7 cm³/mol. The van der Waals surface area contributed by atoms with E-state index >= 15 is 0 Å². The zero-order valence-corrected chi connectivity index (χ0v) is 12.8. The van der Waals surface area contributed by atoms with Crippen molar-refractivity contribution in [2.24, 2.45) is 0 Å². The van der Waals surface area contributed by atoms with Crippen LogP contribution >= 0.6 is 0 Å². The van der Waals surface area contributed by atoms with E-state index in [1.165, 1.54) is 13.2 Å². The molecule has 4 aromatic rings. The Labute approximate surface area is 136 Å². The Morgan fingerprint density at radius 2 is 2.04 bits per heavy atom. The first kappa shape index (κ1) is 14.1. The molecule has 0 spiro atoms. The van der Waals surface area contributed by atoms with Crippen molar-refractivity contribution in [1.29, 1.82) is 0 Å². The molecule has 0 saturated carbocycles. The van der Waals surface area contributed by atoms with Crippen molar-refractivity contribution >= 4 is 16.9 Å². The number of methoxy groups -OCH3 is 1. The molecule has 0 atom stereocenters. The largest absolute Gasteiger partial charge is 0.496 e. The van der Waals surface area contributed by atoms with E-state index in [9.17, 15) is 4.79 Å². The number of carboxylic acid groups (broad SMARTS) is 1. The van der Waals surface area contributed by atoms with Gasteiger partial charge in [0.1, 0.15) is 22.7 Å². The number of nitrogens with zero attached hydrogens (tertiary/aromatic N) is 2. The molecule has 0 unspecified atom stereocenters. The predicted octanol–water partition coefficient (Wildman–Crippen LogP) is 3.06. The monoisotopic (exact) mass is 322 g/mol. The fraction of sp³-hybridized carbons (Fsp3) is 0.0588. The van der Waals surface area contributed by atoms with Gasteiger partial charge in [-0.15, -0.1) is 0 Å². The summed E-state index contributed by atoms with van der Waals surface area (Å²) in [6.07, 6.45) is 1.90. The van der Waals surface area contributed by atoms with Gasteiger partial charge in [-0.05, 0) is 18.2 Å².